The number of aromatic amines is 1. The molecule has 4 N–H and O–H groups in total. The monoisotopic (exact) mass is 438 g/mol. The van der Waals surface area contributed by atoms with Gasteiger partial charge in [0.05, 0.1) is 0 Å². The molecular formula is C20H28Cl2N6O. The number of aromatic nitrogens is 2. The smallest absolute Gasteiger partial charge is 0.276 e. The Morgan fingerprint density at radius 3 is 2.55 bits per heavy atom. The molecule has 2 aromatic heterocycles. The number of rotatable bonds is 2. The minimum Gasteiger partial charge on any atom is -0.353 e. The summed E-state index contributed by atoms with van der Waals surface area (Å²) in [5, 5.41) is 10.9. The van der Waals surface area contributed by atoms with Gasteiger partial charge in [-0.05, 0) is 58.7 Å². The molecule has 1 amide bonds. The van der Waals surface area contributed by atoms with Crippen molar-refractivity contribution in [3.05, 3.63) is 35.8 Å². The predicted octanol–water partition coefficient (Wildman–Crippen LogP) is 3.13. The molecule has 0 atom stereocenters. The Balaban J connectivity index is 0.00000150. The number of carbonyl (C=O) groups is 1. The maximum atomic E-state index is 12.4. The number of nitrogens with one attached hydrogen (secondary N) is 4. The van der Waals surface area contributed by atoms with Crippen molar-refractivity contribution in [2.75, 3.05) is 0 Å². The van der Waals surface area contributed by atoms with Crippen LogP contribution in [-0.4, -0.2) is 39.0 Å². The molecule has 158 valence electrons. The van der Waals surface area contributed by atoms with Crippen LogP contribution in [0.25, 0.3) is 17.1 Å². The molecule has 2 aromatic rings. The molecule has 0 aromatic carbocycles. The van der Waals surface area contributed by atoms with Crippen LogP contribution < -0.4 is 16.0 Å². The summed E-state index contributed by atoms with van der Waals surface area (Å²) in [6, 6.07) is 4.09. The van der Waals surface area contributed by atoms with Crippen molar-refractivity contribution in [1.82, 2.24) is 25.9 Å². The van der Waals surface area contributed by atoms with E-state index in [2.05, 4.69) is 58.6 Å². The van der Waals surface area contributed by atoms with Crippen molar-refractivity contribution in [1.29, 1.82) is 0 Å². The van der Waals surface area contributed by atoms with Gasteiger partial charge in [-0.3, -0.25) is 10.1 Å². The Morgan fingerprint density at radius 2 is 1.86 bits per heavy atom. The number of hydrogen-bond acceptors (Lipinski definition) is 5. The van der Waals surface area contributed by atoms with Gasteiger partial charge >= 0.3 is 0 Å². The lowest BCUT2D eigenvalue weighted by atomic mass is 9.80. The maximum absolute atomic E-state index is 12.4. The molecule has 7 nitrogen and oxygen atoms in total. The van der Waals surface area contributed by atoms with E-state index in [-0.39, 0.29) is 47.8 Å². The molecule has 1 saturated heterocycles. The number of hydrogen-bond donors (Lipinski definition) is 4. The van der Waals surface area contributed by atoms with Crippen LogP contribution in [0.15, 0.2) is 35.2 Å². The van der Waals surface area contributed by atoms with Gasteiger partial charge in [0.15, 0.2) is 0 Å². The molecule has 0 saturated carbocycles. The summed E-state index contributed by atoms with van der Waals surface area (Å²) in [7, 11) is 0. The van der Waals surface area contributed by atoms with Crippen molar-refractivity contribution in [3.8, 4) is 0 Å². The zero-order valence-electron chi connectivity index (χ0n) is 17.0. The van der Waals surface area contributed by atoms with Gasteiger partial charge in [0, 0.05) is 40.5 Å². The number of pyridine rings is 1. The van der Waals surface area contributed by atoms with Crippen molar-refractivity contribution >= 4 is 53.8 Å². The number of nitrogens with zero attached hydrogens (tertiary/aromatic N) is 2. The second-order valence-corrected chi connectivity index (χ2v) is 8.73. The third-order valence-electron chi connectivity index (χ3n) is 5.00. The third kappa shape index (κ3) is 5.10. The minimum atomic E-state index is -0.191. The van der Waals surface area contributed by atoms with Crippen molar-refractivity contribution < 1.29 is 4.79 Å². The highest BCUT2D eigenvalue weighted by molar-refractivity contribution is 6.14. The van der Waals surface area contributed by atoms with Crippen LogP contribution >= 0.6 is 24.8 Å². The molecular weight excluding hydrogens is 411 g/mol. The Hall–Kier alpha value is -2.09. The number of aliphatic imine (C=N–C) groups is 1. The Bertz CT molecular complexity index is 947. The van der Waals surface area contributed by atoms with Gasteiger partial charge in [-0.15, -0.1) is 24.8 Å². The second kappa shape index (κ2) is 8.34. The lowest BCUT2D eigenvalue weighted by Gasteiger charge is -2.46. The number of H-pyrrole nitrogens is 1. The molecule has 29 heavy (non-hydrogen) atoms. The molecule has 0 radical (unpaired) electrons. The summed E-state index contributed by atoms with van der Waals surface area (Å²) < 4.78 is 0. The van der Waals surface area contributed by atoms with Crippen LogP contribution in [0.3, 0.4) is 0 Å². The Labute approximate surface area is 183 Å². The fourth-order valence-corrected chi connectivity index (χ4v) is 4.40. The van der Waals surface area contributed by atoms with E-state index in [1.807, 2.05) is 18.3 Å². The number of fused-ring (bicyclic) bond motifs is 1. The van der Waals surface area contributed by atoms with Gasteiger partial charge in [-0.25, -0.2) is 9.98 Å². The van der Waals surface area contributed by atoms with E-state index in [9.17, 15) is 4.79 Å². The fourth-order valence-electron chi connectivity index (χ4n) is 4.40. The molecule has 2 aliphatic rings. The first-order valence-electron chi connectivity index (χ1n) is 9.31. The quantitative estimate of drug-likeness (QED) is 0.541. The lowest BCUT2D eigenvalue weighted by Crippen LogP contribution is -2.62. The summed E-state index contributed by atoms with van der Waals surface area (Å²) in [6.07, 6.45) is 7.29. The lowest BCUT2D eigenvalue weighted by molar-refractivity contribution is -0.115. The highest BCUT2D eigenvalue weighted by Crippen LogP contribution is 2.28. The largest absolute Gasteiger partial charge is 0.353 e. The van der Waals surface area contributed by atoms with E-state index < -0.39 is 0 Å². The Kier molecular flexibility index (Phi) is 6.67. The minimum absolute atomic E-state index is 0. The van der Waals surface area contributed by atoms with E-state index in [1.165, 1.54) is 0 Å². The van der Waals surface area contributed by atoms with Crippen molar-refractivity contribution in [3.63, 3.8) is 0 Å². The molecule has 2 aliphatic heterocycles. The summed E-state index contributed by atoms with van der Waals surface area (Å²) in [5.74, 6) is 0.339. The first-order valence-corrected chi connectivity index (χ1v) is 9.31. The van der Waals surface area contributed by atoms with E-state index in [0.717, 1.165) is 29.4 Å². The van der Waals surface area contributed by atoms with Crippen molar-refractivity contribution in [2.45, 2.75) is 57.7 Å². The standard InChI is InChI=1S/C20H26N6O.2ClH/c1-19(2)9-13(10-20(3,4)26-19)23-18-24-15(17(27)25-18)8-12-11-22-16-14(12)6-5-7-21-16;;/h5-8,11,13,26H,9-10H2,1-4H3,(H,21,22)(H2,23,24,25,27);2*1H/b15-8-;;. The molecule has 0 bridgehead atoms. The fraction of sp³-hybridized carbons (Fsp3) is 0.450. The number of halogens is 2. The van der Waals surface area contributed by atoms with Crippen LogP contribution in [-0.2, 0) is 4.79 Å². The summed E-state index contributed by atoms with van der Waals surface area (Å²) >= 11 is 0. The van der Waals surface area contributed by atoms with E-state index in [4.69, 9.17) is 0 Å². The molecule has 4 rings (SSSR count). The summed E-state index contributed by atoms with van der Waals surface area (Å²) in [6.45, 7) is 8.81. The highest BCUT2D eigenvalue weighted by Gasteiger charge is 2.38. The number of amides is 1. The Morgan fingerprint density at radius 1 is 1.17 bits per heavy atom. The zero-order chi connectivity index (χ0) is 19.2. The predicted molar refractivity (Wildman–Crippen MR) is 122 cm³/mol. The maximum Gasteiger partial charge on any atom is 0.276 e. The number of guanidine groups is 1. The van der Waals surface area contributed by atoms with Crippen LogP contribution in [0.1, 0.15) is 46.1 Å². The first-order chi connectivity index (χ1) is 12.7. The molecule has 0 spiro atoms. The average molecular weight is 439 g/mol. The molecule has 9 heteroatoms. The number of piperidine rings is 1. The third-order valence-corrected chi connectivity index (χ3v) is 5.00. The van der Waals surface area contributed by atoms with Crippen LogP contribution in [0.2, 0.25) is 0 Å². The normalized spacial score (nSPS) is 21.9. The SMILES string of the molecule is CC1(C)CC(NC2=N/C(=C\c3c[nH]c4ncccc34)C(=O)N2)CC(C)(C)N1.Cl.Cl. The summed E-state index contributed by atoms with van der Waals surface area (Å²) in [4.78, 5) is 24.3. The van der Waals surface area contributed by atoms with Gasteiger partial charge in [0.25, 0.3) is 5.91 Å². The van der Waals surface area contributed by atoms with Gasteiger partial charge in [0.1, 0.15) is 11.3 Å². The zero-order valence-corrected chi connectivity index (χ0v) is 18.6. The molecule has 0 unspecified atom stereocenters. The van der Waals surface area contributed by atoms with Gasteiger partial charge in [0.2, 0.25) is 5.96 Å². The average Bonchev–Trinajstić information content (AvgIpc) is 3.09. The van der Waals surface area contributed by atoms with Crippen LogP contribution in [0.4, 0.5) is 0 Å². The topological polar surface area (TPSA) is 94.2 Å². The second-order valence-electron chi connectivity index (χ2n) is 8.73. The van der Waals surface area contributed by atoms with E-state index >= 15 is 0 Å². The molecule has 0 aliphatic carbocycles. The molecule has 4 heterocycles. The van der Waals surface area contributed by atoms with Gasteiger partial charge in [-0.2, -0.15) is 0 Å². The van der Waals surface area contributed by atoms with Crippen molar-refractivity contribution in [2.24, 2.45) is 4.99 Å². The first kappa shape index (κ1) is 23.2. The molecule has 1 fully saturated rings. The van der Waals surface area contributed by atoms with E-state index in [0.29, 0.717) is 11.7 Å². The van der Waals surface area contributed by atoms with Gasteiger partial charge < -0.3 is 15.6 Å². The van der Waals surface area contributed by atoms with Crippen LogP contribution in [0, 0.1) is 0 Å². The van der Waals surface area contributed by atoms with E-state index in [1.54, 1.807) is 12.3 Å². The number of carbonyl (C=O) groups excluding carboxylic acids is 1. The summed E-state index contributed by atoms with van der Waals surface area (Å²) in [5.41, 5.74) is 2.15. The highest BCUT2D eigenvalue weighted by atomic mass is 35.5. The van der Waals surface area contributed by atoms with Gasteiger partial charge in [-0.1, -0.05) is 0 Å². The van der Waals surface area contributed by atoms with Crippen LogP contribution in [0.5, 0.6) is 0 Å².